The lowest BCUT2D eigenvalue weighted by atomic mass is 10.2. The third-order valence-electron chi connectivity index (χ3n) is 2.04. The van der Waals surface area contributed by atoms with E-state index in [0.717, 1.165) is 26.0 Å². The zero-order chi connectivity index (χ0) is 7.68. The topological polar surface area (TPSA) is 38.8 Å². The second-order valence-electron chi connectivity index (χ2n) is 2.80. The molecular weight excluding hydrogens is 146 g/mol. The standard InChI is InChI=1S/C7H11NO3/c9-7-6(2-5-10-7)8-3-1-4-11-8/h6H,1-5H2. The van der Waals surface area contributed by atoms with Gasteiger partial charge in [0.15, 0.2) is 0 Å². The van der Waals surface area contributed by atoms with Crippen LogP contribution in [0.15, 0.2) is 0 Å². The fraction of sp³-hybridized carbons (Fsp3) is 0.857. The number of esters is 1. The van der Waals surface area contributed by atoms with E-state index in [4.69, 9.17) is 9.57 Å². The van der Waals surface area contributed by atoms with Gasteiger partial charge < -0.3 is 4.74 Å². The van der Waals surface area contributed by atoms with Crippen LogP contribution in [0.3, 0.4) is 0 Å². The molecule has 0 aromatic heterocycles. The van der Waals surface area contributed by atoms with Gasteiger partial charge in [0.1, 0.15) is 6.04 Å². The van der Waals surface area contributed by atoms with Crippen molar-refractivity contribution in [1.82, 2.24) is 5.06 Å². The monoisotopic (exact) mass is 157 g/mol. The number of rotatable bonds is 1. The SMILES string of the molecule is O=C1OCCC1N1CCCO1. The zero-order valence-electron chi connectivity index (χ0n) is 6.28. The molecule has 0 aromatic carbocycles. The average molecular weight is 157 g/mol. The van der Waals surface area contributed by atoms with Gasteiger partial charge >= 0.3 is 5.97 Å². The van der Waals surface area contributed by atoms with Crippen molar-refractivity contribution in [1.29, 1.82) is 0 Å². The normalized spacial score (nSPS) is 32.7. The maximum absolute atomic E-state index is 11.0. The van der Waals surface area contributed by atoms with Crippen LogP contribution in [0.5, 0.6) is 0 Å². The van der Waals surface area contributed by atoms with Gasteiger partial charge in [-0.1, -0.05) is 0 Å². The second-order valence-corrected chi connectivity index (χ2v) is 2.80. The number of cyclic esters (lactones) is 1. The lowest BCUT2D eigenvalue weighted by molar-refractivity contribution is -0.166. The van der Waals surface area contributed by atoms with E-state index >= 15 is 0 Å². The van der Waals surface area contributed by atoms with Gasteiger partial charge in [-0.05, 0) is 6.42 Å². The Hall–Kier alpha value is -0.610. The molecule has 0 N–H and O–H groups in total. The van der Waals surface area contributed by atoms with Gasteiger partial charge in [0, 0.05) is 13.0 Å². The van der Waals surface area contributed by atoms with Crippen LogP contribution < -0.4 is 0 Å². The quantitative estimate of drug-likeness (QED) is 0.500. The van der Waals surface area contributed by atoms with Crippen LogP contribution in [0.2, 0.25) is 0 Å². The van der Waals surface area contributed by atoms with Gasteiger partial charge in [-0.25, -0.2) is 0 Å². The molecule has 4 heteroatoms. The van der Waals surface area contributed by atoms with Crippen molar-refractivity contribution < 1.29 is 14.4 Å². The van der Waals surface area contributed by atoms with Crippen LogP contribution in [-0.4, -0.2) is 36.8 Å². The van der Waals surface area contributed by atoms with Gasteiger partial charge in [-0.3, -0.25) is 9.63 Å². The molecule has 0 spiro atoms. The number of ether oxygens (including phenoxy) is 1. The molecule has 4 nitrogen and oxygen atoms in total. The average Bonchev–Trinajstić information content (AvgIpc) is 2.55. The predicted octanol–water partition coefficient (Wildman–Crippen LogP) is -0.0608. The summed E-state index contributed by atoms with van der Waals surface area (Å²) in [7, 11) is 0. The minimum absolute atomic E-state index is 0.127. The highest BCUT2D eigenvalue weighted by atomic mass is 16.7. The Balaban J connectivity index is 1.97. The Morgan fingerprint density at radius 2 is 2.36 bits per heavy atom. The van der Waals surface area contributed by atoms with Crippen LogP contribution in [0, 0.1) is 0 Å². The van der Waals surface area contributed by atoms with Crippen LogP contribution in [0.1, 0.15) is 12.8 Å². The summed E-state index contributed by atoms with van der Waals surface area (Å²) >= 11 is 0. The molecule has 0 saturated carbocycles. The molecule has 0 aliphatic carbocycles. The van der Waals surface area contributed by atoms with E-state index in [2.05, 4.69) is 0 Å². The van der Waals surface area contributed by atoms with E-state index in [9.17, 15) is 4.79 Å². The van der Waals surface area contributed by atoms with E-state index in [1.807, 2.05) is 0 Å². The minimum atomic E-state index is -0.132. The molecule has 1 atom stereocenters. The Morgan fingerprint density at radius 3 is 2.91 bits per heavy atom. The summed E-state index contributed by atoms with van der Waals surface area (Å²) in [6, 6.07) is -0.127. The van der Waals surface area contributed by atoms with E-state index in [1.54, 1.807) is 5.06 Å². The fourth-order valence-corrected chi connectivity index (χ4v) is 1.46. The number of nitrogens with zero attached hydrogens (tertiary/aromatic N) is 1. The van der Waals surface area contributed by atoms with Gasteiger partial charge in [-0.2, -0.15) is 5.06 Å². The first kappa shape index (κ1) is 7.06. The number of carbonyl (C=O) groups excluding carboxylic acids is 1. The molecule has 0 radical (unpaired) electrons. The van der Waals surface area contributed by atoms with E-state index in [-0.39, 0.29) is 12.0 Å². The number of hydrogen-bond donors (Lipinski definition) is 0. The number of carbonyl (C=O) groups is 1. The second kappa shape index (κ2) is 2.79. The van der Waals surface area contributed by atoms with Crippen molar-refractivity contribution in [3.8, 4) is 0 Å². The molecule has 2 saturated heterocycles. The van der Waals surface area contributed by atoms with Crippen molar-refractivity contribution in [2.45, 2.75) is 18.9 Å². The Labute approximate surface area is 65.0 Å². The Bertz CT molecular complexity index is 165. The van der Waals surface area contributed by atoms with Crippen LogP contribution in [0.25, 0.3) is 0 Å². The predicted molar refractivity (Wildman–Crippen MR) is 36.6 cm³/mol. The first-order valence-electron chi connectivity index (χ1n) is 3.94. The summed E-state index contributed by atoms with van der Waals surface area (Å²) in [5.74, 6) is -0.132. The minimum Gasteiger partial charge on any atom is -0.464 e. The van der Waals surface area contributed by atoms with Gasteiger partial charge in [0.2, 0.25) is 0 Å². The third kappa shape index (κ3) is 1.23. The van der Waals surface area contributed by atoms with Crippen molar-refractivity contribution in [3.05, 3.63) is 0 Å². The van der Waals surface area contributed by atoms with Gasteiger partial charge in [0.25, 0.3) is 0 Å². The van der Waals surface area contributed by atoms with Crippen molar-refractivity contribution in [3.63, 3.8) is 0 Å². The zero-order valence-corrected chi connectivity index (χ0v) is 6.28. The van der Waals surface area contributed by atoms with Crippen molar-refractivity contribution >= 4 is 5.97 Å². The summed E-state index contributed by atoms with van der Waals surface area (Å²) in [5.41, 5.74) is 0. The molecule has 0 aromatic rings. The third-order valence-corrected chi connectivity index (χ3v) is 2.04. The molecule has 2 fully saturated rings. The fourth-order valence-electron chi connectivity index (χ4n) is 1.46. The molecule has 2 rings (SSSR count). The summed E-state index contributed by atoms with van der Waals surface area (Å²) in [6.07, 6.45) is 1.79. The van der Waals surface area contributed by atoms with Crippen LogP contribution in [0.4, 0.5) is 0 Å². The summed E-state index contributed by atoms with van der Waals surface area (Å²) in [5, 5.41) is 1.75. The van der Waals surface area contributed by atoms with Crippen molar-refractivity contribution in [2.24, 2.45) is 0 Å². The van der Waals surface area contributed by atoms with Gasteiger partial charge in [0.05, 0.1) is 13.2 Å². The highest BCUT2D eigenvalue weighted by Gasteiger charge is 2.34. The molecular formula is C7H11NO3. The van der Waals surface area contributed by atoms with E-state index in [1.165, 1.54) is 0 Å². The van der Waals surface area contributed by atoms with E-state index < -0.39 is 0 Å². The van der Waals surface area contributed by atoms with Gasteiger partial charge in [-0.15, -0.1) is 0 Å². The molecule has 62 valence electrons. The Kier molecular flexibility index (Phi) is 1.79. The molecule has 0 amide bonds. The van der Waals surface area contributed by atoms with E-state index in [0.29, 0.717) is 6.61 Å². The lowest BCUT2D eigenvalue weighted by Crippen LogP contribution is -2.35. The summed E-state index contributed by atoms with van der Waals surface area (Å²) in [6.45, 7) is 2.15. The number of hydroxylamine groups is 2. The first-order chi connectivity index (χ1) is 5.38. The summed E-state index contributed by atoms with van der Waals surface area (Å²) in [4.78, 5) is 16.3. The molecule has 2 heterocycles. The van der Waals surface area contributed by atoms with Crippen LogP contribution in [-0.2, 0) is 14.4 Å². The molecule has 11 heavy (non-hydrogen) atoms. The van der Waals surface area contributed by atoms with Crippen molar-refractivity contribution in [2.75, 3.05) is 19.8 Å². The largest absolute Gasteiger partial charge is 0.464 e. The molecule has 2 aliphatic rings. The number of hydrogen-bond acceptors (Lipinski definition) is 4. The lowest BCUT2D eigenvalue weighted by Gasteiger charge is -2.17. The maximum Gasteiger partial charge on any atom is 0.325 e. The highest BCUT2D eigenvalue weighted by molar-refractivity contribution is 5.77. The smallest absolute Gasteiger partial charge is 0.325 e. The molecule has 0 bridgehead atoms. The Morgan fingerprint density at radius 1 is 1.45 bits per heavy atom. The highest BCUT2D eigenvalue weighted by Crippen LogP contribution is 2.17. The first-order valence-corrected chi connectivity index (χ1v) is 3.94. The van der Waals surface area contributed by atoms with Crippen LogP contribution >= 0.6 is 0 Å². The summed E-state index contributed by atoms with van der Waals surface area (Å²) < 4.78 is 4.82. The molecule has 2 aliphatic heterocycles. The molecule has 1 unspecified atom stereocenters. The maximum atomic E-state index is 11.0.